The Hall–Kier alpha value is -1.57. The number of hydrazone groups is 1. The fraction of sp³-hybridized carbons (Fsp3) is 0.571. The number of anilines is 1. The lowest BCUT2D eigenvalue weighted by Crippen LogP contribution is -2.21. The molecule has 4 aliphatic rings. The summed E-state index contributed by atoms with van der Waals surface area (Å²) in [6, 6.07) is 10.8. The molecule has 2 nitrogen and oxygen atoms in total. The van der Waals surface area contributed by atoms with Crippen LogP contribution in [0.2, 0.25) is 0 Å². The summed E-state index contributed by atoms with van der Waals surface area (Å²) in [5, 5.41) is 7.54. The number of allylic oxidation sites excluding steroid dienone is 2. The van der Waals surface area contributed by atoms with Gasteiger partial charge in [0.2, 0.25) is 0 Å². The van der Waals surface area contributed by atoms with Crippen molar-refractivity contribution in [3.8, 4) is 0 Å². The molecule has 0 N–H and O–H groups in total. The third-order valence-corrected chi connectivity index (χ3v) is 6.07. The molecule has 3 saturated carbocycles. The van der Waals surface area contributed by atoms with Crippen LogP contribution in [-0.2, 0) is 0 Å². The molecular weight excluding hydrogens is 280 g/mol. The highest BCUT2D eigenvalue weighted by Crippen LogP contribution is 2.54. The zero-order valence-electron chi connectivity index (χ0n) is 14.0. The van der Waals surface area contributed by atoms with Gasteiger partial charge >= 0.3 is 0 Å². The zero-order chi connectivity index (χ0) is 15.4. The Kier molecular flexibility index (Phi) is 2.98. The van der Waals surface area contributed by atoms with E-state index in [1.807, 2.05) is 0 Å². The number of hydrogen-bond acceptors (Lipinski definition) is 2. The van der Waals surface area contributed by atoms with Crippen LogP contribution in [0.1, 0.15) is 51.9 Å². The van der Waals surface area contributed by atoms with Crippen LogP contribution in [0.15, 0.2) is 47.2 Å². The summed E-state index contributed by atoms with van der Waals surface area (Å²) in [6.07, 6.45) is 12.0. The highest BCUT2D eigenvalue weighted by Gasteiger charge is 2.46. The third kappa shape index (κ3) is 2.62. The molecule has 0 radical (unpaired) electrons. The first kappa shape index (κ1) is 13.8. The number of benzene rings is 1. The summed E-state index contributed by atoms with van der Waals surface area (Å²) < 4.78 is 0. The molecule has 0 saturated heterocycles. The molecule has 23 heavy (non-hydrogen) atoms. The Labute approximate surface area is 139 Å². The van der Waals surface area contributed by atoms with Gasteiger partial charge in [0.15, 0.2) is 0 Å². The lowest BCUT2D eigenvalue weighted by atomic mass is 9.78. The van der Waals surface area contributed by atoms with Crippen molar-refractivity contribution in [2.45, 2.75) is 51.9 Å². The van der Waals surface area contributed by atoms with Crippen LogP contribution in [-0.4, -0.2) is 5.71 Å². The van der Waals surface area contributed by atoms with Crippen molar-refractivity contribution in [2.75, 3.05) is 5.01 Å². The quantitative estimate of drug-likeness (QED) is 0.730. The second-order valence-electron chi connectivity index (χ2n) is 8.31. The van der Waals surface area contributed by atoms with Gasteiger partial charge in [-0.25, -0.2) is 5.01 Å². The van der Waals surface area contributed by atoms with Crippen LogP contribution in [0.5, 0.6) is 0 Å². The molecule has 1 aliphatic heterocycles. The van der Waals surface area contributed by atoms with Gasteiger partial charge in [-0.15, -0.1) is 0 Å². The molecule has 2 heteroatoms. The second kappa shape index (κ2) is 4.96. The van der Waals surface area contributed by atoms with Gasteiger partial charge in [0.25, 0.3) is 0 Å². The molecule has 0 spiro atoms. The second-order valence-corrected chi connectivity index (χ2v) is 8.31. The Balaban J connectivity index is 1.62. The average Bonchev–Trinajstić information content (AvgIpc) is 3.44. The Morgan fingerprint density at radius 3 is 2.26 bits per heavy atom. The lowest BCUT2D eigenvalue weighted by Gasteiger charge is -2.27. The van der Waals surface area contributed by atoms with Crippen molar-refractivity contribution in [3.05, 3.63) is 42.1 Å². The van der Waals surface area contributed by atoms with E-state index in [0.717, 1.165) is 17.8 Å². The van der Waals surface area contributed by atoms with Crippen LogP contribution < -0.4 is 5.01 Å². The molecule has 1 aromatic carbocycles. The minimum absolute atomic E-state index is 0.336. The van der Waals surface area contributed by atoms with E-state index in [4.69, 9.17) is 5.10 Å². The predicted octanol–water partition coefficient (Wildman–Crippen LogP) is 5.37. The van der Waals surface area contributed by atoms with Crippen LogP contribution in [0.3, 0.4) is 0 Å². The number of rotatable bonds is 4. The first-order valence-electron chi connectivity index (χ1n) is 9.38. The summed E-state index contributed by atoms with van der Waals surface area (Å²) in [6.45, 7) is 2.50. The predicted molar refractivity (Wildman–Crippen MR) is 95.3 cm³/mol. The number of nitrogens with zero attached hydrogens (tertiary/aromatic N) is 2. The van der Waals surface area contributed by atoms with Crippen LogP contribution in [0.4, 0.5) is 5.69 Å². The normalized spacial score (nSPS) is 31.4. The van der Waals surface area contributed by atoms with E-state index in [2.05, 4.69) is 48.3 Å². The summed E-state index contributed by atoms with van der Waals surface area (Å²) in [5.74, 6) is 2.37. The van der Waals surface area contributed by atoms with Crippen LogP contribution in [0.25, 0.3) is 0 Å². The fourth-order valence-corrected chi connectivity index (χ4v) is 4.16. The zero-order valence-corrected chi connectivity index (χ0v) is 14.0. The molecule has 0 aromatic heterocycles. The first-order chi connectivity index (χ1) is 11.2. The van der Waals surface area contributed by atoms with E-state index in [-0.39, 0.29) is 0 Å². The maximum atomic E-state index is 5.24. The SMILES string of the molecule is CC1(C2CC2)C=C(C2CC2)N(c2ccccc2)N=C(C2CC2)C1. The van der Waals surface area contributed by atoms with Gasteiger partial charge in [-0.2, -0.15) is 5.10 Å². The first-order valence-corrected chi connectivity index (χ1v) is 9.38. The van der Waals surface area contributed by atoms with Crippen molar-refractivity contribution < 1.29 is 0 Å². The van der Waals surface area contributed by atoms with Crippen molar-refractivity contribution in [1.82, 2.24) is 0 Å². The van der Waals surface area contributed by atoms with Gasteiger partial charge in [-0.1, -0.05) is 31.2 Å². The van der Waals surface area contributed by atoms with Gasteiger partial charge in [0, 0.05) is 17.3 Å². The molecule has 3 aliphatic carbocycles. The van der Waals surface area contributed by atoms with Crippen LogP contribution in [0, 0.1) is 23.2 Å². The minimum Gasteiger partial charge on any atom is -0.238 e. The molecule has 1 heterocycles. The van der Waals surface area contributed by atoms with E-state index >= 15 is 0 Å². The van der Waals surface area contributed by atoms with E-state index in [9.17, 15) is 0 Å². The highest BCUT2D eigenvalue weighted by molar-refractivity contribution is 5.91. The molecule has 1 unspecified atom stereocenters. The van der Waals surface area contributed by atoms with E-state index < -0.39 is 0 Å². The van der Waals surface area contributed by atoms with E-state index in [0.29, 0.717) is 5.41 Å². The van der Waals surface area contributed by atoms with Gasteiger partial charge in [-0.05, 0) is 74.3 Å². The van der Waals surface area contributed by atoms with Crippen molar-refractivity contribution >= 4 is 11.4 Å². The van der Waals surface area contributed by atoms with E-state index in [1.54, 1.807) is 0 Å². The van der Waals surface area contributed by atoms with Crippen molar-refractivity contribution in [1.29, 1.82) is 0 Å². The molecule has 0 amide bonds. The average molecular weight is 306 g/mol. The van der Waals surface area contributed by atoms with Crippen molar-refractivity contribution in [3.63, 3.8) is 0 Å². The van der Waals surface area contributed by atoms with E-state index in [1.165, 1.54) is 62.0 Å². The van der Waals surface area contributed by atoms with Gasteiger partial charge in [0.1, 0.15) is 0 Å². The minimum atomic E-state index is 0.336. The Morgan fingerprint density at radius 2 is 1.65 bits per heavy atom. The summed E-state index contributed by atoms with van der Waals surface area (Å²) >= 11 is 0. The molecule has 1 aromatic rings. The Bertz CT molecular complexity index is 662. The monoisotopic (exact) mass is 306 g/mol. The standard InChI is InChI=1S/C21H26N2/c1-21(17-11-12-17)13-19(15-7-8-15)22-23(18-5-3-2-4-6-18)20(14-21)16-9-10-16/h2-6,14-17H,7-13H2,1H3. The number of para-hydroxylation sites is 1. The Morgan fingerprint density at radius 1 is 0.957 bits per heavy atom. The van der Waals surface area contributed by atoms with Crippen molar-refractivity contribution in [2.24, 2.45) is 28.3 Å². The summed E-state index contributed by atoms with van der Waals surface area (Å²) in [7, 11) is 0. The summed E-state index contributed by atoms with van der Waals surface area (Å²) in [4.78, 5) is 0. The largest absolute Gasteiger partial charge is 0.238 e. The maximum Gasteiger partial charge on any atom is 0.0648 e. The molecule has 5 rings (SSSR count). The van der Waals surface area contributed by atoms with Gasteiger partial charge < -0.3 is 0 Å². The topological polar surface area (TPSA) is 15.6 Å². The lowest BCUT2D eigenvalue weighted by molar-refractivity contribution is 0.377. The smallest absolute Gasteiger partial charge is 0.0648 e. The fourth-order valence-electron chi connectivity index (χ4n) is 4.16. The molecular formula is C21H26N2. The third-order valence-electron chi connectivity index (χ3n) is 6.07. The van der Waals surface area contributed by atoms with Gasteiger partial charge in [-0.3, -0.25) is 0 Å². The molecule has 1 atom stereocenters. The van der Waals surface area contributed by atoms with Crippen LogP contribution >= 0.6 is 0 Å². The molecule has 3 fully saturated rings. The summed E-state index contributed by atoms with van der Waals surface area (Å²) in [5.41, 5.74) is 4.53. The number of hydrogen-bond donors (Lipinski definition) is 0. The highest BCUT2D eigenvalue weighted by atomic mass is 15.5. The molecule has 0 bridgehead atoms. The van der Waals surface area contributed by atoms with Gasteiger partial charge in [0.05, 0.1) is 5.69 Å². The maximum absolute atomic E-state index is 5.24. The molecule has 120 valence electrons.